The third-order valence-electron chi connectivity index (χ3n) is 22.8. The number of nitrogens with one attached hydrogen (secondary N) is 11. The van der Waals surface area contributed by atoms with Crippen LogP contribution in [0.5, 0.6) is 11.5 Å². The summed E-state index contributed by atoms with van der Waals surface area (Å²) in [5.41, 5.74) is 15.0. The smallest absolute Gasteiger partial charge is 0.407 e. The molecule has 3 saturated heterocycles. The van der Waals surface area contributed by atoms with Crippen molar-refractivity contribution in [3.8, 4) is 11.5 Å². The molecule has 5 heterocycles. The average molecular weight is 1870 g/mol. The monoisotopic (exact) mass is 1870 g/mol. The molecule has 13 amide bonds. The summed E-state index contributed by atoms with van der Waals surface area (Å²) in [7, 11) is 9.92. The van der Waals surface area contributed by atoms with Crippen LogP contribution < -0.4 is 74.3 Å². The number of amides is 13. The highest BCUT2D eigenvalue weighted by Crippen LogP contribution is 2.49. The van der Waals surface area contributed by atoms with Crippen molar-refractivity contribution in [2.75, 3.05) is 63.6 Å². The second kappa shape index (κ2) is 47.3. The topological polar surface area (TPSA) is 506 Å². The maximum atomic E-state index is 15.3. The van der Waals surface area contributed by atoms with E-state index >= 15 is 19.2 Å². The minimum Gasteiger partial charge on any atom is -0.508 e. The number of nitrogens with zero attached hydrogens (tertiary/aromatic N) is 2. The number of unbranched alkanes of at least 4 members (excludes halogenated alkanes) is 1. The Labute approximate surface area is 764 Å². The van der Waals surface area contributed by atoms with Crippen molar-refractivity contribution in [1.82, 2.24) is 63.1 Å². The SMILES string of the molecule is CCNC(=O)N[C@H](Cc1ccccc1)C(=O)N[C@H]1CSSC[C@@H](C(=O)N[C@H](C(N)=O)C(C)(C)SSCCC(=O)N(C)[C@@H](C)C(=O)O[C@H]2CC(=O)N(C)c3cc(cc(OC)c3Cl)C/C(C)=C/C=C/[C@@H](OC)C3C[C@H](OC(=O)N3)[C@@H](C)[C@@H]3O[C@@]23C)NC(=O)[C@H]([C@@H](C)O)NC(=O)[C@H](CCCCN)NC(=O)[C@@H](Cc2c[nH]c3ccccc23)NC(=O)[C@H](Cc2ccc(O)cc2)NC1=O. The number of aromatic nitrogens is 1. The second-order valence-electron chi connectivity index (χ2n) is 32.9. The average Bonchev–Trinajstić information content (AvgIpc) is 1.57. The molecule has 1 unspecified atom stereocenters. The summed E-state index contributed by atoms with van der Waals surface area (Å²) in [4.78, 5) is 195. The number of H-pyrrole nitrogens is 1. The summed E-state index contributed by atoms with van der Waals surface area (Å²) >= 11 is 6.92. The summed E-state index contributed by atoms with van der Waals surface area (Å²) in [5.74, 6) is -10.7. The fraction of sp³-hybridized carbons (Fsp3) is 0.511. The van der Waals surface area contributed by atoms with Crippen molar-refractivity contribution in [3.05, 3.63) is 148 Å². The Hall–Kier alpha value is -10.3. The lowest BCUT2D eigenvalue weighted by molar-refractivity contribution is -0.162. The predicted octanol–water partition coefficient (Wildman–Crippen LogP) is 5.13. The van der Waals surface area contributed by atoms with Gasteiger partial charge in [-0.1, -0.05) is 146 Å². The molecule has 0 spiro atoms. The number of carbonyl (C=O) groups is 13. The number of halogens is 1. The Morgan fingerprint density at radius 2 is 1.51 bits per heavy atom. The van der Waals surface area contributed by atoms with Gasteiger partial charge in [-0.25, -0.2) is 14.4 Å². The number of fused-ring (bicyclic) bond motifs is 6. The van der Waals surface area contributed by atoms with E-state index in [2.05, 4.69) is 58.2 Å². The number of aliphatic hydroxyl groups excluding tert-OH is 1. The van der Waals surface area contributed by atoms with Gasteiger partial charge < -0.3 is 113 Å². The molecule has 35 nitrogen and oxygen atoms in total. The summed E-state index contributed by atoms with van der Waals surface area (Å²) in [6, 6.07) is 10.2. The van der Waals surface area contributed by atoms with Crippen molar-refractivity contribution in [2.24, 2.45) is 17.4 Å². The molecule has 1 aromatic heterocycles. The number of methoxy groups -OCH3 is 2. The van der Waals surface area contributed by atoms with Gasteiger partial charge in [-0.15, -0.1) is 0 Å². The van der Waals surface area contributed by atoms with Gasteiger partial charge in [0.15, 0.2) is 0 Å². The number of phenolic OH excluding ortho intramolecular Hbond substituents is 1. The maximum Gasteiger partial charge on any atom is 0.407 e. The molecule has 9 rings (SSSR count). The standard InChI is InChI=1S/C88H118ClN15O20S4/c1-13-92-85(118)99-61(37-51-23-15-14-16-24-51)79(112)97-63-45-126-127-46-64(98-83(116)73(50(5)105)101-77(110)58(27-19-20-34-90)94-80(113)62(41-54-44-93-57-26-18-17-25-56(54)57)96-78(111)60(95-81(63)114)38-52-29-31-55(106)32-30-52)82(115)102-74(76(91)109)87(6,7)128-125-35-33-70(107)103(9)49(4)84(117)123-69-43-71(108)104(10)65-39-53(40-68(121-12)72(65)89)36-47(2)22-21-28-66(120-11)59-42-67(122-86(119)100-59)48(3)75-88(69,8)124-75/h14-18,21-26,28-32,39-40,44,48-50,58-64,66-67,69,73-75,93,105-106H,13,19-20,27,33-38,41-43,45-46,90H2,1-12H3,(H2,91,109)(H,94,113)(H,95,114)(H,96,111)(H,97,112)(H,98,116)(H,100,119)(H,101,110)(H,102,115)(H2,92,99,118)/b28-21+,47-22+/t48-,49+,50-,58+,59?,60+,61-,62-,63+,64+,66-,67+,69+,73+,74-,75+,88+/m1/s1. The van der Waals surface area contributed by atoms with Gasteiger partial charge in [-0.2, -0.15) is 0 Å². The number of aromatic amines is 1. The number of carbonyl (C=O) groups excluding carboxylic acids is 13. The van der Waals surface area contributed by atoms with Gasteiger partial charge in [0.25, 0.3) is 0 Å². The molecule has 128 heavy (non-hydrogen) atoms. The van der Waals surface area contributed by atoms with Crippen molar-refractivity contribution in [1.29, 1.82) is 0 Å². The van der Waals surface area contributed by atoms with E-state index in [0.717, 1.165) is 54.3 Å². The number of hydrogen-bond acceptors (Lipinski definition) is 25. The lowest BCUT2D eigenvalue weighted by Gasteiger charge is -2.36. The Balaban J connectivity index is 0.951. The van der Waals surface area contributed by atoms with Gasteiger partial charge in [0.2, 0.25) is 59.1 Å². The number of alkyl carbamates (subject to hydrolysis) is 1. The Kier molecular flexibility index (Phi) is 37.5. The first-order valence-electron chi connectivity index (χ1n) is 42.2. The van der Waals surface area contributed by atoms with Crippen LogP contribution in [0.15, 0.2) is 121 Å². The number of allylic oxidation sites excluding steroid dienone is 3. The van der Waals surface area contributed by atoms with Crippen molar-refractivity contribution in [2.45, 2.75) is 221 Å². The van der Waals surface area contributed by atoms with Crippen molar-refractivity contribution in [3.63, 3.8) is 0 Å². The Bertz CT molecular complexity index is 4840. The first-order chi connectivity index (χ1) is 60.9. The van der Waals surface area contributed by atoms with E-state index in [-0.39, 0.29) is 73.9 Å². The number of likely N-dealkylation sites (N-methyl/N-ethyl adjacent to an activating group) is 1. The van der Waals surface area contributed by atoms with Crippen molar-refractivity contribution >= 4 is 149 Å². The van der Waals surface area contributed by atoms with Crippen LogP contribution in [-0.4, -0.2) is 257 Å². The van der Waals surface area contributed by atoms with Crippen LogP contribution in [0, 0.1) is 5.92 Å². The molecule has 4 aliphatic heterocycles. The zero-order chi connectivity index (χ0) is 93.4. The molecular formula is C88H118ClN15O20S4. The molecule has 5 aromatic rings. The molecule has 0 saturated carbocycles. The van der Waals surface area contributed by atoms with Crippen LogP contribution in [0.25, 0.3) is 10.9 Å². The molecule has 0 radical (unpaired) electrons. The number of nitrogens with two attached hydrogens (primary N) is 2. The number of esters is 1. The highest BCUT2D eigenvalue weighted by atomic mass is 35.5. The lowest BCUT2D eigenvalue weighted by atomic mass is 9.84. The van der Waals surface area contributed by atoms with Crippen molar-refractivity contribution < 1.29 is 96.2 Å². The number of epoxide rings is 1. The molecular weight excluding hydrogens is 1750 g/mol. The highest BCUT2D eigenvalue weighted by Gasteiger charge is 2.64. The van der Waals surface area contributed by atoms with Crippen LogP contribution >= 0.6 is 54.8 Å². The van der Waals surface area contributed by atoms with Gasteiger partial charge in [-0.05, 0) is 133 Å². The van der Waals surface area contributed by atoms with E-state index in [1.807, 2.05) is 32.1 Å². The van der Waals surface area contributed by atoms with Gasteiger partial charge in [0.1, 0.15) is 88.7 Å². The molecule has 4 bridgehead atoms. The van der Waals surface area contributed by atoms with Crippen LogP contribution in [0.2, 0.25) is 5.02 Å². The number of hydrogen-bond donors (Lipinski definition) is 15. The van der Waals surface area contributed by atoms with Gasteiger partial charge in [0.05, 0.1) is 43.6 Å². The molecule has 696 valence electrons. The molecule has 17 N–H and O–H groups in total. The van der Waals surface area contributed by atoms with E-state index in [1.54, 1.807) is 101 Å². The fourth-order valence-corrected chi connectivity index (χ4v) is 20.4. The van der Waals surface area contributed by atoms with Gasteiger partial charge >= 0.3 is 18.1 Å². The minimum atomic E-state index is -1.85. The first-order valence-corrected chi connectivity index (χ1v) is 47.4. The van der Waals surface area contributed by atoms with Crippen LogP contribution in [0.4, 0.5) is 15.3 Å². The van der Waals surface area contributed by atoms with Gasteiger partial charge in [0, 0.05) is 105 Å². The van der Waals surface area contributed by atoms with E-state index in [9.17, 15) is 53.4 Å². The van der Waals surface area contributed by atoms with Gasteiger partial charge in [-0.3, -0.25) is 47.9 Å². The van der Waals surface area contributed by atoms with Crippen LogP contribution in [-0.2, 0) is 97.4 Å². The largest absolute Gasteiger partial charge is 0.508 e. The minimum absolute atomic E-state index is 0.0492. The number of primary amides is 1. The number of rotatable bonds is 29. The van der Waals surface area contributed by atoms with Crippen LogP contribution in [0.1, 0.15) is 116 Å². The number of aliphatic hydroxyl groups is 1. The lowest BCUT2D eigenvalue weighted by Crippen LogP contribution is -2.63. The quantitative estimate of drug-likeness (QED) is 0.0128. The fourth-order valence-electron chi connectivity index (χ4n) is 15.1. The number of benzene rings is 4. The summed E-state index contributed by atoms with van der Waals surface area (Å²) in [6.45, 7) is 13.3. The number of phenols is 1. The summed E-state index contributed by atoms with van der Waals surface area (Å²) < 4.78 is 28.8. The third-order valence-corrected chi connectivity index (χ3v) is 28.9. The Morgan fingerprint density at radius 3 is 2.19 bits per heavy atom. The molecule has 4 aromatic carbocycles. The number of urea groups is 1. The molecule has 17 atom stereocenters. The van der Waals surface area contributed by atoms with E-state index in [0.29, 0.717) is 58.3 Å². The molecule has 3 fully saturated rings. The van der Waals surface area contributed by atoms with E-state index in [1.165, 1.54) is 76.2 Å². The summed E-state index contributed by atoms with van der Waals surface area (Å²) in [6.07, 6.45) is 1.73. The molecule has 4 aliphatic rings. The van der Waals surface area contributed by atoms with Crippen LogP contribution in [0.3, 0.4) is 0 Å². The second-order valence-corrected chi connectivity index (χ2v) is 38.9. The highest BCUT2D eigenvalue weighted by molar-refractivity contribution is 8.77. The maximum absolute atomic E-state index is 15.3. The first kappa shape index (κ1) is 101. The molecule has 0 aliphatic carbocycles. The number of ether oxygens (including phenoxy) is 5. The number of aromatic hydroxyl groups is 1. The van der Waals surface area contributed by atoms with E-state index < -0.39 is 197 Å². The number of anilines is 1. The predicted molar refractivity (Wildman–Crippen MR) is 491 cm³/mol. The number of para-hydroxylation sites is 1. The summed E-state index contributed by atoms with van der Waals surface area (Å²) in [5, 5.41) is 49.8. The zero-order valence-electron chi connectivity index (χ0n) is 73.6. The zero-order valence-corrected chi connectivity index (χ0v) is 77.6. The normalized spacial score (nSPS) is 25.3. The molecule has 40 heteroatoms. The Morgan fingerprint density at radius 1 is 0.836 bits per heavy atom. The van der Waals surface area contributed by atoms with E-state index in [4.69, 9.17) is 46.8 Å². The third kappa shape index (κ3) is 27.9.